The van der Waals surface area contributed by atoms with Gasteiger partial charge in [0.2, 0.25) is 10.0 Å². The Kier molecular flexibility index (Phi) is 5.38. The normalized spacial score (nSPS) is 19.8. The zero-order valence-corrected chi connectivity index (χ0v) is 19.6. The van der Waals surface area contributed by atoms with Gasteiger partial charge in [-0.05, 0) is 43.5 Å². The van der Waals surface area contributed by atoms with Crippen molar-refractivity contribution in [3.63, 3.8) is 0 Å². The summed E-state index contributed by atoms with van der Waals surface area (Å²) in [4.78, 5) is 21.4. The van der Waals surface area contributed by atoms with Crippen molar-refractivity contribution in [3.05, 3.63) is 83.4 Å². The van der Waals surface area contributed by atoms with Gasteiger partial charge in [-0.2, -0.15) is 0 Å². The Labute approximate surface area is 196 Å². The summed E-state index contributed by atoms with van der Waals surface area (Å²) in [6.45, 7) is 2.13. The van der Waals surface area contributed by atoms with E-state index in [1.54, 1.807) is 31.3 Å². The molecule has 9 heteroatoms. The van der Waals surface area contributed by atoms with Crippen molar-refractivity contribution in [2.24, 2.45) is 0 Å². The molecule has 1 unspecified atom stereocenters. The van der Waals surface area contributed by atoms with E-state index < -0.39 is 14.8 Å². The molecule has 0 bridgehead atoms. The summed E-state index contributed by atoms with van der Waals surface area (Å²) in [5.41, 5.74) is 3.61. The van der Waals surface area contributed by atoms with E-state index in [9.17, 15) is 13.2 Å². The number of amides is 1. The van der Waals surface area contributed by atoms with Gasteiger partial charge in [-0.3, -0.25) is 19.4 Å². The molecule has 5 rings (SSSR count). The van der Waals surface area contributed by atoms with Gasteiger partial charge in [0.25, 0.3) is 5.91 Å². The Hall–Kier alpha value is -3.30. The molecule has 168 valence electrons. The van der Waals surface area contributed by atoms with Gasteiger partial charge in [-0.25, -0.2) is 13.4 Å². The zero-order chi connectivity index (χ0) is 23.1. The van der Waals surface area contributed by atoms with E-state index in [0.29, 0.717) is 29.4 Å². The Balaban J connectivity index is 1.29. The summed E-state index contributed by atoms with van der Waals surface area (Å²) >= 11 is 1.31. The van der Waals surface area contributed by atoms with Crippen LogP contribution in [0.25, 0.3) is 11.4 Å². The lowest BCUT2D eigenvalue weighted by Gasteiger charge is -2.33. The first-order valence-corrected chi connectivity index (χ1v) is 12.9. The molecule has 0 fully saturated rings. The van der Waals surface area contributed by atoms with Gasteiger partial charge >= 0.3 is 0 Å². The van der Waals surface area contributed by atoms with E-state index in [4.69, 9.17) is 0 Å². The number of nitrogens with one attached hydrogen (secondary N) is 1. The molecule has 2 aromatic heterocycles. The number of fused-ring (bicyclic) bond motifs is 1. The number of para-hydroxylation sites is 1. The predicted octanol–water partition coefficient (Wildman–Crippen LogP) is 4.18. The van der Waals surface area contributed by atoms with Crippen LogP contribution in [-0.4, -0.2) is 35.6 Å². The molecule has 3 heterocycles. The lowest BCUT2D eigenvalue weighted by Crippen LogP contribution is -2.45. The van der Waals surface area contributed by atoms with Gasteiger partial charge in [0.1, 0.15) is 10.4 Å². The van der Waals surface area contributed by atoms with Gasteiger partial charge in [-0.1, -0.05) is 42.5 Å². The van der Waals surface area contributed by atoms with Crippen molar-refractivity contribution in [1.29, 1.82) is 0 Å². The standard InChI is InChI=1S/C24H22N4O3S2/c1-24(33(30,31)28-15-11-17-6-2-3-8-21(17)28)12-9-18(10-13-24)22(29)27-23-26-20(16-32-23)19-7-4-5-14-25-19/h2-10,12,14,16H,11,13,15H2,1H3,(H,26,27,29). The summed E-state index contributed by atoms with van der Waals surface area (Å²) in [5.74, 6) is -0.320. The second-order valence-corrected chi connectivity index (χ2v) is 11.4. The minimum absolute atomic E-state index is 0.213. The van der Waals surface area contributed by atoms with E-state index in [2.05, 4.69) is 15.3 Å². The molecule has 0 spiro atoms. The van der Waals surface area contributed by atoms with Crippen LogP contribution >= 0.6 is 11.3 Å². The van der Waals surface area contributed by atoms with Crippen LogP contribution in [-0.2, 0) is 21.2 Å². The fourth-order valence-corrected chi connectivity index (χ4v) is 6.52. The summed E-state index contributed by atoms with van der Waals surface area (Å²) in [5, 5.41) is 5.09. The average molecular weight is 479 g/mol. The molecule has 1 aromatic carbocycles. The quantitative estimate of drug-likeness (QED) is 0.594. The van der Waals surface area contributed by atoms with Gasteiger partial charge in [0.05, 0.1) is 11.4 Å². The highest BCUT2D eigenvalue weighted by atomic mass is 32.2. The molecule has 1 aliphatic carbocycles. The topological polar surface area (TPSA) is 92.3 Å². The van der Waals surface area contributed by atoms with Crippen molar-refractivity contribution in [3.8, 4) is 11.4 Å². The van der Waals surface area contributed by atoms with Gasteiger partial charge in [0.15, 0.2) is 5.13 Å². The highest BCUT2D eigenvalue weighted by Gasteiger charge is 2.44. The van der Waals surface area contributed by atoms with Gasteiger partial charge < -0.3 is 0 Å². The first-order valence-electron chi connectivity index (χ1n) is 10.6. The molecule has 1 atom stereocenters. The van der Waals surface area contributed by atoms with E-state index in [-0.39, 0.29) is 12.3 Å². The number of thiazole rings is 1. The number of pyridine rings is 1. The fraction of sp³-hybridized carbons (Fsp3) is 0.208. The Morgan fingerprint density at radius 2 is 1.97 bits per heavy atom. The average Bonchev–Trinajstić information content (AvgIpc) is 3.47. The zero-order valence-electron chi connectivity index (χ0n) is 17.9. The molecule has 33 heavy (non-hydrogen) atoms. The second-order valence-electron chi connectivity index (χ2n) is 8.17. The van der Waals surface area contributed by atoms with Crippen LogP contribution in [0.2, 0.25) is 0 Å². The molecule has 0 radical (unpaired) electrons. The van der Waals surface area contributed by atoms with Crippen molar-refractivity contribution in [1.82, 2.24) is 9.97 Å². The highest BCUT2D eigenvalue weighted by molar-refractivity contribution is 7.94. The molecule has 0 saturated carbocycles. The Morgan fingerprint density at radius 1 is 1.15 bits per heavy atom. The number of rotatable bonds is 5. The van der Waals surface area contributed by atoms with Crippen LogP contribution in [0.15, 0.2) is 77.8 Å². The molecule has 0 saturated heterocycles. The van der Waals surface area contributed by atoms with Crippen LogP contribution in [0.4, 0.5) is 10.8 Å². The lowest BCUT2D eigenvalue weighted by molar-refractivity contribution is -0.112. The third-order valence-corrected chi connectivity index (χ3v) is 9.18. The van der Waals surface area contributed by atoms with Gasteiger partial charge in [0, 0.05) is 23.7 Å². The third kappa shape index (κ3) is 3.87. The number of benzene rings is 1. The molecule has 2 aliphatic rings. The van der Waals surface area contributed by atoms with Crippen molar-refractivity contribution >= 4 is 38.1 Å². The molecular weight excluding hydrogens is 456 g/mol. The highest BCUT2D eigenvalue weighted by Crippen LogP contribution is 2.38. The van der Waals surface area contributed by atoms with Crippen LogP contribution in [0, 0.1) is 0 Å². The number of aromatic nitrogens is 2. The SMILES string of the molecule is CC1(S(=O)(=O)N2CCc3ccccc32)C=CC(C(=O)Nc2nc(-c3ccccn3)cs2)=CC1. The number of allylic oxidation sites excluding steroid dienone is 1. The smallest absolute Gasteiger partial charge is 0.257 e. The first kappa shape index (κ1) is 21.5. The molecule has 3 aromatic rings. The van der Waals surface area contributed by atoms with Crippen molar-refractivity contribution in [2.75, 3.05) is 16.2 Å². The number of hydrogen-bond donors (Lipinski definition) is 1. The summed E-state index contributed by atoms with van der Waals surface area (Å²) < 4.78 is 27.4. The van der Waals surface area contributed by atoms with Crippen molar-refractivity contribution in [2.45, 2.75) is 24.5 Å². The number of anilines is 2. The molecule has 1 amide bonds. The number of hydrogen-bond acceptors (Lipinski definition) is 6. The maximum atomic E-state index is 13.5. The predicted molar refractivity (Wildman–Crippen MR) is 131 cm³/mol. The second kappa shape index (κ2) is 8.24. The fourth-order valence-electron chi connectivity index (χ4n) is 4.02. The minimum atomic E-state index is -3.66. The minimum Gasteiger partial charge on any atom is -0.298 e. The lowest BCUT2D eigenvalue weighted by atomic mass is 9.97. The maximum Gasteiger partial charge on any atom is 0.257 e. The monoisotopic (exact) mass is 478 g/mol. The van der Waals surface area contributed by atoms with Gasteiger partial charge in [-0.15, -0.1) is 11.3 Å². The molecule has 7 nitrogen and oxygen atoms in total. The van der Waals surface area contributed by atoms with Crippen LogP contribution in [0.5, 0.6) is 0 Å². The first-order chi connectivity index (χ1) is 15.9. The number of carbonyl (C=O) groups is 1. The Bertz CT molecular complexity index is 1380. The summed E-state index contributed by atoms with van der Waals surface area (Å²) in [7, 11) is -3.66. The van der Waals surface area contributed by atoms with E-state index >= 15 is 0 Å². The molecule has 1 aliphatic heterocycles. The summed E-state index contributed by atoms with van der Waals surface area (Å²) in [6.07, 6.45) is 7.50. The molecular formula is C24H22N4O3S2. The van der Waals surface area contributed by atoms with Crippen molar-refractivity contribution < 1.29 is 13.2 Å². The maximum absolute atomic E-state index is 13.5. The number of nitrogens with zero attached hydrogens (tertiary/aromatic N) is 3. The van der Waals surface area contributed by atoms with E-state index in [0.717, 1.165) is 16.9 Å². The largest absolute Gasteiger partial charge is 0.298 e. The number of carbonyl (C=O) groups excluding carboxylic acids is 1. The van der Waals surface area contributed by atoms with E-state index in [1.807, 2.05) is 47.8 Å². The molecule has 1 N–H and O–H groups in total. The van der Waals surface area contributed by atoms with E-state index in [1.165, 1.54) is 15.6 Å². The summed E-state index contributed by atoms with van der Waals surface area (Å²) in [6, 6.07) is 13.1. The van der Waals surface area contributed by atoms with Crippen LogP contribution in [0.1, 0.15) is 18.9 Å². The number of sulfonamides is 1. The Morgan fingerprint density at radius 3 is 2.73 bits per heavy atom. The van der Waals surface area contributed by atoms with Crippen LogP contribution < -0.4 is 9.62 Å². The third-order valence-electron chi connectivity index (χ3n) is 5.98. The van der Waals surface area contributed by atoms with Crippen LogP contribution in [0.3, 0.4) is 0 Å².